The molecule has 0 unspecified atom stereocenters. The number of hydrogen-bond acceptors (Lipinski definition) is 3. The highest BCUT2D eigenvalue weighted by atomic mass is 35.5. The van der Waals surface area contributed by atoms with Crippen molar-refractivity contribution in [2.24, 2.45) is 5.73 Å². The largest absolute Gasteiger partial charge is 0.508 e. The lowest BCUT2D eigenvalue weighted by Crippen LogP contribution is -2.32. The molecule has 0 radical (unpaired) electrons. The van der Waals surface area contributed by atoms with Crippen molar-refractivity contribution >= 4 is 11.6 Å². The van der Waals surface area contributed by atoms with Crippen molar-refractivity contribution in [3.63, 3.8) is 0 Å². The first-order valence-electron chi connectivity index (χ1n) is 5.90. The number of methoxy groups -OCH3 is 1. The fourth-order valence-electron chi connectivity index (χ4n) is 2.76. The number of aromatic hydroxyl groups is 1. The van der Waals surface area contributed by atoms with Crippen LogP contribution in [0.2, 0.25) is 5.02 Å². The first-order valence-corrected chi connectivity index (χ1v) is 6.28. The van der Waals surface area contributed by atoms with Gasteiger partial charge in [-0.3, -0.25) is 0 Å². The summed E-state index contributed by atoms with van der Waals surface area (Å²) in [4.78, 5) is 0. The second-order valence-electron chi connectivity index (χ2n) is 4.70. The van der Waals surface area contributed by atoms with Crippen LogP contribution in [0.5, 0.6) is 11.5 Å². The van der Waals surface area contributed by atoms with E-state index >= 15 is 0 Å². The number of phenolic OH excluding ortho intramolecular Hbond substituents is 1. The van der Waals surface area contributed by atoms with Crippen LogP contribution in [0.1, 0.15) is 31.2 Å². The van der Waals surface area contributed by atoms with Gasteiger partial charge in [0.1, 0.15) is 11.5 Å². The van der Waals surface area contributed by atoms with Crippen molar-refractivity contribution in [3.05, 3.63) is 22.7 Å². The molecule has 0 amide bonds. The number of ether oxygens (including phenoxy) is 1. The van der Waals surface area contributed by atoms with E-state index in [0.29, 0.717) is 17.3 Å². The summed E-state index contributed by atoms with van der Waals surface area (Å²) in [6, 6.07) is 3.38. The monoisotopic (exact) mass is 255 g/mol. The Labute approximate surface area is 107 Å². The Morgan fingerprint density at radius 3 is 2.59 bits per heavy atom. The van der Waals surface area contributed by atoms with Gasteiger partial charge in [-0.25, -0.2) is 0 Å². The van der Waals surface area contributed by atoms with Gasteiger partial charge in [-0.15, -0.1) is 0 Å². The standard InChI is InChI=1S/C13H18ClNO2/c1-17-12-6-9(11(16)7-10(12)14)13(8-15)4-2-3-5-13/h6-7,16H,2-5,8,15H2,1H3. The molecule has 1 aliphatic rings. The van der Waals surface area contributed by atoms with Crippen LogP contribution >= 0.6 is 11.6 Å². The van der Waals surface area contributed by atoms with Crippen LogP contribution in [0.25, 0.3) is 0 Å². The van der Waals surface area contributed by atoms with Gasteiger partial charge in [0.15, 0.2) is 0 Å². The first-order chi connectivity index (χ1) is 8.13. The summed E-state index contributed by atoms with van der Waals surface area (Å²) >= 11 is 5.98. The van der Waals surface area contributed by atoms with Gasteiger partial charge in [-0.1, -0.05) is 24.4 Å². The summed E-state index contributed by atoms with van der Waals surface area (Å²) in [6.07, 6.45) is 4.34. The molecule has 0 spiro atoms. The molecule has 3 nitrogen and oxygen atoms in total. The Morgan fingerprint density at radius 2 is 2.06 bits per heavy atom. The zero-order valence-electron chi connectivity index (χ0n) is 10.0. The smallest absolute Gasteiger partial charge is 0.138 e. The quantitative estimate of drug-likeness (QED) is 0.873. The van der Waals surface area contributed by atoms with Crippen molar-refractivity contribution in [1.82, 2.24) is 0 Å². The molecule has 1 aromatic rings. The zero-order valence-corrected chi connectivity index (χ0v) is 10.8. The summed E-state index contributed by atoms with van der Waals surface area (Å²) in [5.41, 5.74) is 6.68. The zero-order chi connectivity index (χ0) is 12.5. The second-order valence-corrected chi connectivity index (χ2v) is 5.10. The van der Waals surface area contributed by atoms with Gasteiger partial charge in [-0.2, -0.15) is 0 Å². The van der Waals surface area contributed by atoms with Crippen LogP contribution < -0.4 is 10.5 Å². The second kappa shape index (κ2) is 4.75. The third-order valence-corrected chi connectivity index (χ3v) is 4.09. The van der Waals surface area contributed by atoms with Gasteiger partial charge in [0.05, 0.1) is 12.1 Å². The van der Waals surface area contributed by atoms with Crippen LogP contribution in [0.3, 0.4) is 0 Å². The minimum atomic E-state index is -0.109. The van der Waals surface area contributed by atoms with Crippen molar-refractivity contribution in [1.29, 1.82) is 0 Å². The van der Waals surface area contributed by atoms with Gasteiger partial charge in [0, 0.05) is 23.6 Å². The van der Waals surface area contributed by atoms with E-state index < -0.39 is 0 Å². The SMILES string of the molecule is COc1cc(C2(CN)CCCC2)c(O)cc1Cl. The molecule has 3 N–H and O–H groups in total. The van der Waals surface area contributed by atoms with E-state index in [1.807, 2.05) is 6.07 Å². The molecule has 0 aliphatic heterocycles. The molecule has 0 aromatic heterocycles. The molecular formula is C13H18ClNO2. The van der Waals surface area contributed by atoms with E-state index in [0.717, 1.165) is 31.2 Å². The summed E-state index contributed by atoms with van der Waals surface area (Å²) in [5, 5.41) is 10.5. The highest BCUT2D eigenvalue weighted by molar-refractivity contribution is 6.32. The first kappa shape index (κ1) is 12.5. The summed E-state index contributed by atoms with van der Waals surface area (Å²) in [6.45, 7) is 0.547. The van der Waals surface area contributed by atoms with Crippen molar-refractivity contribution in [3.8, 4) is 11.5 Å². The summed E-state index contributed by atoms with van der Waals surface area (Å²) < 4.78 is 5.21. The van der Waals surface area contributed by atoms with E-state index in [-0.39, 0.29) is 11.2 Å². The van der Waals surface area contributed by atoms with Gasteiger partial charge < -0.3 is 15.6 Å². The Morgan fingerprint density at radius 1 is 1.41 bits per heavy atom. The molecule has 1 aromatic carbocycles. The Hall–Kier alpha value is -0.930. The molecule has 94 valence electrons. The molecule has 2 rings (SSSR count). The Kier molecular flexibility index (Phi) is 3.50. The number of benzene rings is 1. The van der Waals surface area contributed by atoms with Gasteiger partial charge >= 0.3 is 0 Å². The maximum absolute atomic E-state index is 10.1. The highest BCUT2D eigenvalue weighted by Crippen LogP contribution is 2.46. The molecular weight excluding hydrogens is 238 g/mol. The minimum Gasteiger partial charge on any atom is -0.508 e. The van der Waals surface area contributed by atoms with Crippen LogP contribution in [0.15, 0.2) is 12.1 Å². The third-order valence-electron chi connectivity index (χ3n) is 3.79. The molecule has 1 fully saturated rings. The molecule has 0 bridgehead atoms. The van der Waals surface area contributed by atoms with Crippen LogP contribution in [-0.4, -0.2) is 18.8 Å². The molecule has 0 atom stereocenters. The van der Waals surface area contributed by atoms with E-state index in [1.54, 1.807) is 13.2 Å². The Balaban J connectivity index is 2.50. The maximum Gasteiger partial charge on any atom is 0.138 e. The van der Waals surface area contributed by atoms with Crippen LogP contribution in [0, 0.1) is 0 Å². The fourth-order valence-corrected chi connectivity index (χ4v) is 2.99. The van der Waals surface area contributed by atoms with Crippen LogP contribution in [0.4, 0.5) is 0 Å². The van der Waals surface area contributed by atoms with E-state index in [9.17, 15) is 5.11 Å². The average molecular weight is 256 g/mol. The molecule has 4 heteroatoms. The predicted octanol–water partition coefficient (Wildman–Crippen LogP) is 2.82. The Bertz CT molecular complexity index is 414. The van der Waals surface area contributed by atoms with E-state index in [4.69, 9.17) is 22.1 Å². The van der Waals surface area contributed by atoms with E-state index in [2.05, 4.69) is 0 Å². The molecule has 1 aliphatic carbocycles. The molecule has 0 saturated heterocycles. The number of hydrogen-bond donors (Lipinski definition) is 2. The average Bonchev–Trinajstić information content (AvgIpc) is 2.79. The van der Waals surface area contributed by atoms with Gasteiger partial charge in [-0.05, 0) is 18.9 Å². The van der Waals surface area contributed by atoms with Crippen LogP contribution in [-0.2, 0) is 5.41 Å². The van der Waals surface area contributed by atoms with Crippen molar-refractivity contribution < 1.29 is 9.84 Å². The van der Waals surface area contributed by atoms with Gasteiger partial charge in [0.25, 0.3) is 0 Å². The summed E-state index contributed by atoms with van der Waals surface area (Å²) in [7, 11) is 1.58. The molecule has 0 heterocycles. The minimum absolute atomic E-state index is 0.109. The number of halogens is 1. The lowest BCUT2D eigenvalue weighted by Gasteiger charge is -2.29. The number of phenols is 1. The van der Waals surface area contributed by atoms with Crippen molar-refractivity contribution in [2.45, 2.75) is 31.1 Å². The predicted molar refractivity (Wildman–Crippen MR) is 68.9 cm³/mol. The molecule has 17 heavy (non-hydrogen) atoms. The maximum atomic E-state index is 10.1. The third kappa shape index (κ3) is 2.09. The summed E-state index contributed by atoms with van der Waals surface area (Å²) in [5.74, 6) is 0.822. The highest BCUT2D eigenvalue weighted by Gasteiger charge is 2.36. The van der Waals surface area contributed by atoms with Gasteiger partial charge in [0.2, 0.25) is 0 Å². The normalized spacial score (nSPS) is 18.3. The lowest BCUT2D eigenvalue weighted by atomic mass is 9.78. The fraction of sp³-hybridized carbons (Fsp3) is 0.538. The number of rotatable bonds is 3. The lowest BCUT2D eigenvalue weighted by molar-refractivity contribution is 0.389. The van der Waals surface area contributed by atoms with E-state index in [1.165, 1.54) is 0 Å². The molecule has 1 saturated carbocycles. The number of nitrogens with two attached hydrogens (primary N) is 1. The topological polar surface area (TPSA) is 55.5 Å². The van der Waals surface area contributed by atoms with Crippen molar-refractivity contribution in [2.75, 3.05) is 13.7 Å².